The van der Waals surface area contributed by atoms with E-state index in [-0.39, 0.29) is 5.91 Å². The van der Waals surface area contributed by atoms with Crippen molar-refractivity contribution in [1.29, 1.82) is 0 Å². The lowest BCUT2D eigenvalue weighted by atomic mass is 10.2. The van der Waals surface area contributed by atoms with E-state index in [0.29, 0.717) is 12.8 Å². The first-order valence-corrected chi connectivity index (χ1v) is 6.85. The summed E-state index contributed by atoms with van der Waals surface area (Å²) in [5.41, 5.74) is 3.49. The number of aromatic amines is 1. The zero-order chi connectivity index (χ0) is 14.8. The maximum Gasteiger partial charge on any atom is 0.224 e. The normalized spacial score (nSPS) is 11.0. The molecule has 3 aromatic rings. The van der Waals surface area contributed by atoms with Crippen LogP contribution in [0.5, 0.6) is 0 Å². The minimum atomic E-state index is -0.0356. The van der Waals surface area contributed by atoms with Crippen molar-refractivity contribution < 1.29 is 4.79 Å². The summed E-state index contributed by atoms with van der Waals surface area (Å²) in [6.07, 6.45) is 2.77. The fraction of sp³-hybridized carbons (Fsp3) is 0.267. The summed E-state index contributed by atoms with van der Waals surface area (Å²) in [5, 5.41) is 7.07. The van der Waals surface area contributed by atoms with Gasteiger partial charge in [-0.05, 0) is 19.1 Å². The van der Waals surface area contributed by atoms with E-state index in [2.05, 4.69) is 20.4 Å². The number of rotatable bonds is 4. The van der Waals surface area contributed by atoms with Crippen molar-refractivity contribution in [2.75, 3.05) is 5.32 Å². The molecule has 1 aromatic carbocycles. The fourth-order valence-electron chi connectivity index (χ4n) is 2.29. The third-order valence-corrected chi connectivity index (χ3v) is 3.31. The quantitative estimate of drug-likeness (QED) is 0.770. The number of nitrogens with zero attached hydrogens (tertiary/aromatic N) is 3. The Morgan fingerprint density at radius 1 is 1.38 bits per heavy atom. The molecule has 0 aliphatic heterocycles. The van der Waals surface area contributed by atoms with Crippen molar-refractivity contribution in [2.24, 2.45) is 7.05 Å². The van der Waals surface area contributed by atoms with Gasteiger partial charge in [0, 0.05) is 26.1 Å². The van der Waals surface area contributed by atoms with Gasteiger partial charge in [0.2, 0.25) is 5.91 Å². The molecule has 6 heteroatoms. The van der Waals surface area contributed by atoms with Gasteiger partial charge in [-0.25, -0.2) is 4.98 Å². The van der Waals surface area contributed by atoms with Crippen molar-refractivity contribution in [2.45, 2.75) is 19.8 Å². The van der Waals surface area contributed by atoms with E-state index < -0.39 is 0 Å². The monoisotopic (exact) mass is 283 g/mol. The lowest BCUT2D eigenvalue weighted by molar-refractivity contribution is -0.116. The molecular weight excluding hydrogens is 266 g/mol. The predicted molar refractivity (Wildman–Crippen MR) is 81.0 cm³/mol. The second kappa shape index (κ2) is 5.40. The SMILES string of the molecule is Cc1nn(C)cc1NC(=O)CCc1nc2ccccc2[nH]1. The van der Waals surface area contributed by atoms with Gasteiger partial charge in [-0.1, -0.05) is 12.1 Å². The number of nitrogens with one attached hydrogen (secondary N) is 2. The molecule has 0 unspecified atom stereocenters. The summed E-state index contributed by atoms with van der Waals surface area (Å²) in [4.78, 5) is 19.7. The van der Waals surface area contributed by atoms with Crippen LogP contribution in [0.15, 0.2) is 30.5 Å². The van der Waals surface area contributed by atoms with Crippen LogP contribution in [0, 0.1) is 6.92 Å². The summed E-state index contributed by atoms with van der Waals surface area (Å²) in [7, 11) is 1.83. The van der Waals surface area contributed by atoms with Crippen LogP contribution in [0.3, 0.4) is 0 Å². The minimum absolute atomic E-state index is 0.0356. The summed E-state index contributed by atoms with van der Waals surface area (Å²) < 4.78 is 1.68. The van der Waals surface area contributed by atoms with E-state index in [1.54, 1.807) is 10.9 Å². The molecule has 108 valence electrons. The molecule has 0 saturated heterocycles. The van der Waals surface area contributed by atoms with Crippen LogP contribution < -0.4 is 5.32 Å². The van der Waals surface area contributed by atoms with Gasteiger partial charge in [0.15, 0.2) is 0 Å². The Bertz CT molecular complexity index is 753. The van der Waals surface area contributed by atoms with Gasteiger partial charge in [-0.2, -0.15) is 5.10 Å². The molecule has 0 saturated carbocycles. The number of amides is 1. The molecule has 0 spiro atoms. The van der Waals surface area contributed by atoms with Crippen LogP contribution in [-0.2, 0) is 18.3 Å². The van der Waals surface area contributed by atoms with Crippen LogP contribution in [0.1, 0.15) is 17.9 Å². The molecule has 0 aliphatic carbocycles. The topological polar surface area (TPSA) is 75.6 Å². The number of aromatic nitrogens is 4. The van der Waals surface area contributed by atoms with Crippen molar-refractivity contribution in [3.8, 4) is 0 Å². The molecule has 0 fully saturated rings. The van der Waals surface area contributed by atoms with Gasteiger partial charge in [0.1, 0.15) is 5.82 Å². The summed E-state index contributed by atoms with van der Waals surface area (Å²) in [6.45, 7) is 1.87. The molecule has 1 amide bonds. The molecule has 6 nitrogen and oxygen atoms in total. The maximum absolute atomic E-state index is 12.0. The Morgan fingerprint density at radius 3 is 2.90 bits per heavy atom. The molecule has 2 heterocycles. The lowest BCUT2D eigenvalue weighted by Gasteiger charge is -2.02. The number of anilines is 1. The van der Waals surface area contributed by atoms with E-state index in [0.717, 1.165) is 28.2 Å². The molecular formula is C15H17N5O. The minimum Gasteiger partial charge on any atom is -0.342 e. The largest absolute Gasteiger partial charge is 0.342 e. The first kappa shape index (κ1) is 13.4. The number of benzene rings is 1. The van der Waals surface area contributed by atoms with E-state index in [1.807, 2.05) is 38.2 Å². The summed E-state index contributed by atoms with van der Waals surface area (Å²) in [6, 6.07) is 7.84. The molecule has 0 radical (unpaired) electrons. The van der Waals surface area contributed by atoms with Crippen molar-refractivity contribution in [1.82, 2.24) is 19.7 Å². The summed E-state index contributed by atoms with van der Waals surface area (Å²) in [5.74, 6) is 0.792. The molecule has 3 rings (SSSR count). The van der Waals surface area contributed by atoms with Gasteiger partial charge in [0.05, 0.1) is 22.4 Å². The Labute approximate surface area is 122 Å². The number of hydrogen-bond acceptors (Lipinski definition) is 3. The summed E-state index contributed by atoms with van der Waals surface area (Å²) >= 11 is 0. The van der Waals surface area contributed by atoms with E-state index in [1.165, 1.54) is 0 Å². The van der Waals surface area contributed by atoms with Crippen molar-refractivity contribution in [3.63, 3.8) is 0 Å². The van der Waals surface area contributed by atoms with Crippen LogP contribution in [0.25, 0.3) is 11.0 Å². The second-order valence-corrected chi connectivity index (χ2v) is 5.05. The molecule has 0 aliphatic rings. The van der Waals surface area contributed by atoms with Gasteiger partial charge in [-0.15, -0.1) is 0 Å². The highest BCUT2D eigenvalue weighted by molar-refractivity contribution is 5.91. The Hall–Kier alpha value is -2.63. The smallest absolute Gasteiger partial charge is 0.224 e. The highest BCUT2D eigenvalue weighted by Gasteiger charge is 2.09. The molecule has 21 heavy (non-hydrogen) atoms. The van der Waals surface area contributed by atoms with Crippen LogP contribution >= 0.6 is 0 Å². The van der Waals surface area contributed by atoms with E-state index in [9.17, 15) is 4.79 Å². The third kappa shape index (κ3) is 2.94. The number of fused-ring (bicyclic) bond motifs is 1. The average Bonchev–Trinajstić information content (AvgIpc) is 2.99. The number of hydrogen-bond donors (Lipinski definition) is 2. The van der Waals surface area contributed by atoms with Crippen molar-refractivity contribution in [3.05, 3.63) is 42.0 Å². The first-order chi connectivity index (χ1) is 10.1. The van der Waals surface area contributed by atoms with E-state index >= 15 is 0 Å². The number of H-pyrrole nitrogens is 1. The predicted octanol–water partition coefficient (Wildman–Crippen LogP) is 2.18. The standard InChI is InChI=1S/C15H17N5O/c1-10-13(9-20(2)19-10)18-15(21)8-7-14-16-11-5-3-4-6-12(11)17-14/h3-6,9H,7-8H2,1-2H3,(H,16,17)(H,18,21). The average molecular weight is 283 g/mol. The Kier molecular flexibility index (Phi) is 3.43. The van der Waals surface area contributed by atoms with E-state index in [4.69, 9.17) is 0 Å². The first-order valence-electron chi connectivity index (χ1n) is 6.85. The maximum atomic E-state index is 12.0. The molecule has 0 atom stereocenters. The van der Waals surface area contributed by atoms with Crippen molar-refractivity contribution >= 4 is 22.6 Å². The zero-order valence-corrected chi connectivity index (χ0v) is 12.1. The van der Waals surface area contributed by atoms with Crippen LogP contribution in [-0.4, -0.2) is 25.7 Å². The third-order valence-electron chi connectivity index (χ3n) is 3.31. The highest BCUT2D eigenvalue weighted by atomic mass is 16.1. The number of carbonyl (C=O) groups excluding carboxylic acids is 1. The Morgan fingerprint density at radius 2 is 2.19 bits per heavy atom. The molecule has 0 bridgehead atoms. The molecule has 2 aromatic heterocycles. The van der Waals surface area contributed by atoms with Crippen LogP contribution in [0.2, 0.25) is 0 Å². The van der Waals surface area contributed by atoms with Gasteiger partial charge in [-0.3, -0.25) is 9.48 Å². The highest BCUT2D eigenvalue weighted by Crippen LogP contribution is 2.13. The Balaban J connectivity index is 1.61. The number of carbonyl (C=O) groups is 1. The molecule has 2 N–H and O–H groups in total. The number of aryl methyl sites for hydroxylation is 3. The lowest BCUT2D eigenvalue weighted by Crippen LogP contribution is -2.13. The zero-order valence-electron chi connectivity index (χ0n) is 12.1. The van der Waals surface area contributed by atoms with Gasteiger partial charge < -0.3 is 10.3 Å². The fourth-order valence-corrected chi connectivity index (χ4v) is 2.29. The number of imidazole rings is 1. The van der Waals surface area contributed by atoms with Gasteiger partial charge in [0.25, 0.3) is 0 Å². The van der Waals surface area contributed by atoms with Crippen LogP contribution in [0.4, 0.5) is 5.69 Å². The van der Waals surface area contributed by atoms with Gasteiger partial charge >= 0.3 is 0 Å². The number of para-hydroxylation sites is 2. The second-order valence-electron chi connectivity index (χ2n) is 5.05.